The van der Waals surface area contributed by atoms with Gasteiger partial charge in [0.25, 0.3) is 5.76 Å². The van der Waals surface area contributed by atoms with Crippen molar-refractivity contribution in [3.63, 3.8) is 0 Å². The van der Waals surface area contributed by atoms with Crippen molar-refractivity contribution in [1.29, 1.82) is 0 Å². The Hall–Kier alpha value is -1.67. The summed E-state index contributed by atoms with van der Waals surface area (Å²) < 4.78 is 26.9. The van der Waals surface area contributed by atoms with Crippen LogP contribution in [0.2, 0.25) is 0 Å². The van der Waals surface area contributed by atoms with Crippen LogP contribution >= 0.6 is 11.8 Å². The van der Waals surface area contributed by atoms with Crippen molar-refractivity contribution in [3.8, 4) is 0 Å². The molecule has 2 rings (SSSR count). The van der Waals surface area contributed by atoms with Gasteiger partial charge in [-0.3, -0.25) is 4.79 Å². The fourth-order valence-corrected chi connectivity index (χ4v) is 2.72. The normalized spacial score (nSPS) is 14.2. The van der Waals surface area contributed by atoms with Crippen LogP contribution in [0.3, 0.4) is 0 Å². The maximum atomic E-state index is 12.7. The van der Waals surface area contributed by atoms with Crippen molar-refractivity contribution >= 4 is 28.7 Å². The molecule has 0 radical (unpaired) electrons. The Morgan fingerprint density at radius 3 is 2.74 bits per heavy atom. The third-order valence-electron chi connectivity index (χ3n) is 3.65. The van der Waals surface area contributed by atoms with Crippen molar-refractivity contribution in [2.24, 2.45) is 5.92 Å². The van der Waals surface area contributed by atoms with Gasteiger partial charge in [0.2, 0.25) is 5.91 Å². The summed E-state index contributed by atoms with van der Waals surface area (Å²) in [6.45, 7) is 3.47. The smallest absolute Gasteiger partial charge is 0.291 e. The lowest BCUT2D eigenvalue weighted by Crippen LogP contribution is -2.40. The summed E-state index contributed by atoms with van der Waals surface area (Å²) in [5, 5.41) is 12.0. The number of hydrogen-bond donors (Lipinski definition) is 2. The Kier molecular flexibility index (Phi) is 5.95. The van der Waals surface area contributed by atoms with Gasteiger partial charge in [-0.05, 0) is 36.7 Å². The first-order chi connectivity index (χ1) is 10.9. The molecule has 8 heteroatoms. The van der Waals surface area contributed by atoms with E-state index in [1.54, 1.807) is 31.2 Å². The van der Waals surface area contributed by atoms with E-state index in [1.807, 2.05) is 6.92 Å². The minimum absolute atomic E-state index is 0.0397. The van der Waals surface area contributed by atoms with E-state index < -0.39 is 5.76 Å². The van der Waals surface area contributed by atoms with Gasteiger partial charge in [-0.1, -0.05) is 19.1 Å². The van der Waals surface area contributed by atoms with E-state index in [1.165, 1.54) is 4.57 Å². The first kappa shape index (κ1) is 17.7. The molecule has 0 saturated carbocycles. The number of thioether (sulfide) groups is 1. The number of nitrogens with zero attached hydrogens (tertiary/aromatic N) is 2. The fraction of sp³-hybridized carbons (Fsp3) is 0.467. The molecule has 5 nitrogen and oxygen atoms in total. The number of aromatic nitrogens is 2. The predicted octanol–water partition coefficient (Wildman–Crippen LogP) is 2.48. The lowest BCUT2D eigenvalue weighted by atomic mass is 10.1. The number of nitrogens with one attached hydrogen (secondary N) is 1. The summed E-state index contributed by atoms with van der Waals surface area (Å²) >= 11 is 0.321. The van der Waals surface area contributed by atoms with E-state index in [0.29, 0.717) is 22.8 Å². The first-order valence-corrected chi connectivity index (χ1v) is 8.10. The monoisotopic (exact) mass is 343 g/mol. The number of amides is 1. The van der Waals surface area contributed by atoms with Crippen LogP contribution in [0.4, 0.5) is 8.78 Å². The second-order valence-electron chi connectivity index (χ2n) is 5.36. The number of aliphatic hydroxyl groups excluding tert-OH is 1. The van der Waals surface area contributed by atoms with Gasteiger partial charge >= 0.3 is 0 Å². The van der Waals surface area contributed by atoms with E-state index in [2.05, 4.69) is 10.3 Å². The molecule has 126 valence electrons. The van der Waals surface area contributed by atoms with Gasteiger partial charge in [0.15, 0.2) is 5.16 Å². The number of halogens is 2. The quantitative estimate of drug-likeness (QED) is 0.758. The number of hydrogen-bond acceptors (Lipinski definition) is 4. The predicted molar refractivity (Wildman–Crippen MR) is 85.4 cm³/mol. The highest BCUT2D eigenvalue weighted by molar-refractivity contribution is 7.99. The Morgan fingerprint density at radius 1 is 1.39 bits per heavy atom. The topological polar surface area (TPSA) is 67.2 Å². The zero-order chi connectivity index (χ0) is 17.0. The minimum Gasteiger partial charge on any atom is -0.396 e. The molecule has 0 bridgehead atoms. The molecule has 2 unspecified atom stereocenters. The van der Waals surface area contributed by atoms with Crippen LogP contribution in [0, 0.1) is 5.92 Å². The number of carbonyl (C=O) groups excluding carboxylic acids is 1. The van der Waals surface area contributed by atoms with E-state index >= 15 is 0 Å². The lowest BCUT2D eigenvalue weighted by molar-refractivity contribution is -0.122. The van der Waals surface area contributed by atoms with E-state index in [9.17, 15) is 13.6 Å². The zero-order valence-corrected chi connectivity index (χ0v) is 13.7. The summed E-state index contributed by atoms with van der Waals surface area (Å²) in [6, 6.07) is 6.78. The third-order valence-corrected chi connectivity index (χ3v) is 4.35. The van der Waals surface area contributed by atoms with Gasteiger partial charge in [-0.2, -0.15) is 8.78 Å². The summed E-state index contributed by atoms with van der Waals surface area (Å²) in [7, 11) is 0. The van der Waals surface area contributed by atoms with E-state index in [0.717, 1.165) is 0 Å². The average molecular weight is 343 g/mol. The number of aliphatic hydroxyl groups is 1. The molecule has 1 heterocycles. The fourth-order valence-electron chi connectivity index (χ4n) is 2.12. The number of imidazole rings is 1. The molecule has 0 aliphatic heterocycles. The van der Waals surface area contributed by atoms with Crippen molar-refractivity contribution in [2.45, 2.75) is 37.3 Å². The van der Waals surface area contributed by atoms with Crippen LogP contribution in [0.25, 0.3) is 11.0 Å². The Labute approximate surface area is 137 Å². The highest BCUT2D eigenvalue weighted by Gasteiger charge is 2.19. The van der Waals surface area contributed by atoms with Gasteiger partial charge in [-0.25, -0.2) is 4.98 Å². The molecular weight excluding hydrogens is 324 g/mol. The summed E-state index contributed by atoms with van der Waals surface area (Å²) in [5.74, 6) is -3.01. The van der Waals surface area contributed by atoms with Gasteiger partial charge in [0.1, 0.15) is 6.54 Å². The largest absolute Gasteiger partial charge is 0.396 e. The number of carbonyl (C=O) groups is 1. The highest BCUT2D eigenvalue weighted by Crippen LogP contribution is 2.28. The molecule has 23 heavy (non-hydrogen) atoms. The maximum Gasteiger partial charge on any atom is 0.291 e. The second kappa shape index (κ2) is 7.74. The first-order valence-electron chi connectivity index (χ1n) is 7.22. The zero-order valence-electron chi connectivity index (χ0n) is 12.9. The van der Waals surface area contributed by atoms with Crippen molar-refractivity contribution in [1.82, 2.24) is 14.9 Å². The van der Waals surface area contributed by atoms with Crippen LogP contribution in [0.1, 0.15) is 13.8 Å². The average Bonchev–Trinajstić information content (AvgIpc) is 2.83. The highest BCUT2D eigenvalue weighted by atomic mass is 32.2. The molecule has 0 aliphatic carbocycles. The Bertz CT molecular complexity index is 678. The third kappa shape index (κ3) is 4.42. The number of benzene rings is 1. The van der Waals surface area contributed by atoms with Gasteiger partial charge in [0.05, 0.1) is 11.0 Å². The van der Waals surface area contributed by atoms with Crippen molar-refractivity contribution in [3.05, 3.63) is 24.3 Å². The number of fused-ring (bicyclic) bond motifs is 1. The molecule has 0 fully saturated rings. The number of alkyl halides is 2. The van der Waals surface area contributed by atoms with Crippen LogP contribution in [-0.4, -0.2) is 39.0 Å². The van der Waals surface area contributed by atoms with E-state index in [4.69, 9.17) is 5.11 Å². The molecule has 2 N–H and O–H groups in total. The molecular formula is C15H19F2N3O2S. The maximum absolute atomic E-state index is 12.7. The van der Waals surface area contributed by atoms with Crippen LogP contribution in [0.5, 0.6) is 0 Å². The Balaban J connectivity index is 2.22. The summed E-state index contributed by atoms with van der Waals surface area (Å²) in [5.41, 5.74) is 1.20. The molecule has 0 aliphatic rings. The molecule has 0 spiro atoms. The Morgan fingerprint density at radius 2 is 2.09 bits per heavy atom. The SMILES string of the molecule is CC(CO)C(C)NC(=O)Cn1c(SC(F)F)nc2ccccc21. The van der Waals surface area contributed by atoms with Gasteiger partial charge in [-0.15, -0.1) is 0 Å². The van der Waals surface area contributed by atoms with E-state index in [-0.39, 0.29) is 36.2 Å². The van der Waals surface area contributed by atoms with Crippen LogP contribution < -0.4 is 5.32 Å². The molecule has 1 aromatic heterocycles. The van der Waals surface area contributed by atoms with Crippen molar-refractivity contribution in [2.75, 3.05) is 6.61 Å². The number of rotatable bonds is 7. The molecule has 1 aromatic carbocycles. The lowest BCUT2D eigenvalue weighted by Gasteiger charge is -2.19. The molecule has 0 saturated heterocycles. The summed E-state index contributed by atoms with van der Waals surface area (Å²) in [4.78, 5) is 16.3. The van der Waals surface area contributed by atoms with Gasteiger partial charge < -0.3 is 15.0 Å². The summed E-state index contributed by atoms with van der Waals surface area (Å²) in [6.07, 6.45) is 0. The number of para-hydroxylation sites is 2. The molecule has 2 atom stereocenters. The van der Waals surface area contributed by atoms with Crippen LogP contribution in [-0.2, 0) is 11.3 Å². The minimum atomic E-state index is -2.61. The molecule has 1 amide bonds. The van der Waals surface area contributed by atoms with Crippen LogP contribution in [0.15, 0.2) is 29.4 Å². The molecule has 2 aromatic rings. The van der Waals surface area contributed by atoms with Crippen molar-refractivity contribution < 1.29 is 18.7 Å². The second-order valence-corrected chi connectivity index (χ2v) is 6.32. The van der Waals surface area contributed by atoms with Gasteiger partial charge in [0, 0.05) is 12.6 Å². The standard InChI is InChI=1S/C15H19F2N3O2S/c1-9(8-21)10(2)18-13(22)7-20-12-6-4-3-5-11(12)19-15(20)23-14(16)17/h3-6,9-10,14,21H,7-8H2,1-2H3,(H,18,22).